The Morgan fingerprint density at radius 1 is 0.826 bits per heavy atom. The van der Waals surface area contributed by atoms with E-state index >= 15 is 0 Å². The van der Waals surface area contributed by atoms with Crippen molar-refractivity contribution < 1.29 is 24.2 Å². The minimum absolute atomic E-state index is 0.0802. The number of amides is 2. The van der Waals surface area contributed by atoms with Gasteiger partial charge in [-0.3, -0.25) is 4.79 Å². The first-order valence-electron chi connectivity index (χ1n) is 15.8. The van der Waals surface area contributed by atoms with Crippen LogP contribution >= 0.6 is 0 Å². The van der Waals surface area contributed by atoms with Gasteiger partial charge in [0.05, 0.1) is 6.04 Å². The molecule has 0 saturated carbocycles. The van der Waals surface area contributed by atoms with E-state index < -0.39 is 23.7 Å². The summed E-state index contributed by atoms with van der Waals surface area (Å²) in [7, 11) is 0. The number of carbonyl (C=O) groups excluding carboxylic acids is 2. The molecule has 1 fully saturated rings. The molecule has 1 heterocycles. The molecule has 1 aliphatic heterocycles. The Morgan fingerprint density at radius 3 is 1.93 bits per heavy atom. The average Bonchev–Trinajstić information content (AvgIpc) is 3.51. The molecule has 1 saturated heterocycles. The van der Waals surface area contributed by atoms with Crippen molar-refractivity contribution in [3.05, 3.63) is 120 Å². The summed E-state index contributed by atoms with van der Waals surface area (Å²) in [5, 5.41) is 10.6. The van der Waals surface area contributed by atoms with E-state index in [4.69, 9.17) is 4.74 Å². The lowest BCUT2D eigenvalue weighted by Crippen LogP contribution is -2.53. The van der Waals surface area contributed by atoms with Gasteiger partial charge in [0, 0.05) is 25.1 Å². The van der Waals surface area contributed by atoms with Crippen LogP contribution in [0.5, 0.6) is 0 Å². The van der Waals surface area contributed by atoms with Crippen LogP contribution in [-0.4, -0.2) is 63.7 Å². The van der Waals surface area contributed by atoms with E-state index in [0.29, 0.717) is 18.5 Å². The third-order valence-corrected chi connectivity index (χ3v) is 8.34. The largest absolute Gasteiger partial charge is 0.480 e. The molecule has 238 valence electrons. The predicted molar refractivity (Wildman–Crippen MR) is 181 cm³/mol. The van der Waals surface area contributed by atoms with Crippen molar-refractivity contribution in [2.45, 2.75) is 64.6 Å². The van der Waals surface area contributed by atoms with Gasteiger partial charge in [-0.05, 0) is 80.5 Å². The molecule has 2 amide bonds. The Morgan fingerprint density at radius 2 is 1.37 bits per heavy atom. The van der Waals surface area contributed by atoms with E-state index in [9.17, 15) is 19.5 Å². The van der Waals surface area contributed by atoms with Gasteiger partial charge >= 0.3 is 12.1 Å². The number of nitrogens with zero attached hydrogens (tertiary/aromatic N) is 2. The summed E-state index contributed by atoms with van der Waals surface area (Å²) in [4.78, 5) is 43.3. The fourth-order valence-electron chi connectivity index (χ4n) is 5.90. The maximum atomic E-state index is 14.2. The highest BCUT2D eigenvalue weighted by Crippen LogP contribution is 2.27. The molecule has 1 aliphatic rings. The standard InChI is InChI=1S/C39H42N2O5/c1-27-12-16-30(17-13-27)32-20-22-33(23-21-32)36(42)41(26-34-11-8-24-40(34)38(45)46-39(2,3)4)35(37(43)44)25-28-14-18-31(19-15-28)29-9-6-5-7-10-29/h5-7,9-10,12-23,34-35H,8,11,24-26H2,1-4H3,(H,43,44)/t34-,35-/m0/s1. The zero-order valence-corrected chi connectivity index (χ0v) is 27.0. The van der Waals surface area contributed by atoms with Crippen molar-refractivity contribution in [2.75, 3.05) is 13.1 Å². The molecule has 0 aromatic heterocycles. The van der Waals surface area contributed by atoms with Gasteiger partial charge in [0.2, 0.25) is 0 Å². The summed E-state index contributed by atoms with van der Waals surface area (Å²) in [6.45, 7) is 8.05. The molecule has 1 N–H and O–H groups in total. The number of hydrogen-bond donors (Lipinski definition) is 1. The van der Waals surface area contributed by atoms with Gasteiger partial charge in [0.15, 0.2) is 0 Å². The normalized spacial score (nSPS) is 15.3. The summed E-state index contributed by atoms with van der Waals surface area (Å²) in [6.07, 6.45) is 1.06. The molecule has 0 bridgehead atoms. The van der Waals surface area contributed by atoms with Gasteiger partial charge in [-0.1, -0.05) is 96.6 Å². The highest BCUT2D eigenvalue weighted by Gasteiger charge is 2.38. The number of benzene rings is 4. The molecule has 46 heavy (non-hydrogen) atoms. The molecule has 0 spiro atoms. The van der Waals surface area contributed by atoms with Crippen LogP contribution in [0.2, 0.25) is 0 Å². The van der Waals surface area contributed by atoms with Gasteiger partial charge in [-0.15, -0.1) is 0 Å². The van der Waals surface area contributed by atoms with Crippen LogP contribution in [0.1, 0.15) is 55.1 Å². The van der Waals surface area contributed by atoms with E-state index in [2.05, 4.69) is 0 Å². The highest BCUT2D eigenvalue weighted by molar-refractivity contribution is 5.97. The second kappa shape index (κ2) is 14.0. The molecule has 5 rings (SSSR count). The summed E-state index contributed by atoms with van der Waals surface area (Å²) >= 11 is 0. The number of aliphatic carboxylic acids is 1. The minimum Gasteiger partial charge on any atom is -0.480 e. The number of likely N-dealkylation sites (tertiary alicyclic amines) is 1. The summed E-state index contributed by atoms with van der Waals surface area (Å²) < 4.78 is 5.66. The van der Waals surface area contributed by atoms with Crippen LogP contribution in [0.4, 0.5) is 4.79 Å². The smallest absolute Gasteiger partial charge is 0.410 e. The van der Waals surface area contributed by atoms with Crippen molar-refractivity contribution in [2.24, 2.45) is 0 Å². The summed E-state index contributed by atoms with van der Waals surface area (Å²) in [6, 6.07) is 31.7. The van der Waals surface area contributed by atoms with Crippen LogP contribution < -0.4 is 0 Å². The van der Waals surface area contributed by atoms with Crippen molar-refractivity contribution in [1.29, 1.82) is 0 Å². The number of carboxylic acids is 1. The van der Waals surface area contributed by atoms with Crippen LogP contribution in [0.15, 0.2) is 103 Å². The molecule has 7 heteroatoms. The molecular formula is C39H42N2O5. The monoisotopic (exact) mass is 618 g/mol. The molecule has 0 radical (unpaired) electrons. The predicted octanol–water partition coefficient (Wildman–Crippen LogP) is 7.87. The van der Waals surface area contributed by atoms with E-state index in [1.165, 1.54) is 4.90 Å². The van der Waals surface area contributed by atoms with Gasteiger partial charge < -0.3 is 19.6 Å². The molecular weight excluding hydrogens is 576 g/mol. The number of rotatable bonds is 9. The Balaban J connectivity index is 1.44. The lowest BCUT2D eigenvalue weighted by atomic mass is 9.98. The minimum atomic E-state index is -1.15. The van der Waals surface area contributed by atoms with Gasteiger partial charge in [0.25, 0.3) is 5.91 Å². The lowest BCUT2D eigenvalue weighted by Gasteiger charge is -2.35. The Labute approximate surface area is 271 Å². The first kappa shape index (κ1) is 32.5. The average molecular weight is 619 g/mol. The number of carboxylic acid groups (broad SMARTS) is 1. The highest BCUT2D eigenvalue weighted by atomic mass is 16.6. The molecule has 4 aromatic carbocycles. The first-order valence-corrected chi connectivity index (χ1v) is 15.8. The van der Waals surface area contributed by atoms with E-state index in [0.717, 1.165) is 39.8 Å². The quantitative estimate of drug-likeness (QED) is 0.206. The fourth-order valence-corrected chi connectivity index (χ4v) is 5.90. The number of ether oxygens (including phenoxy) is 1. The Bertz CT molecular complexity index is 1640. The summed E-state index contributed by atoms with van der Waals surface area (Å²) in [5.41, 5.74) is 5.77. The molecule has 7 nitrogen and oxygen atoms in total. The second-order valence-electron chi connectivity index (χ2n) is 13.0. The lowest BCUT2D eigenvalue weighted by molar-refractivity contribution is -0.142. The first-order chi connectivity index (χ1) is 22.0. The fraction of sp³-hybridized carbons (Fsp3) is 0.308. The number of aryl methyl sites for hydroxylation is 1. The van der Waals surface area contributed by atoms with E-state index in [1.54, 1.807) is 17.0 Å². The van der Waals surface area contributed by atoms with Crippen LogP contribution in [0.25, 0.3) is 22.3 Å². The Kier molecular flexibility index (Phi) is 9.90. The molecule has 0 aliphatic carbocycles. The topological polar surface area (TPSA) is 87.2 Å². The van der Waals surface area contributed by atoms with Crippen molar-refractivity contribution in [1.82, 2.24) is 9.80 Å². The summed E-state index contributed by atoms with van der Waals surface area (Å²) in [5.74, 6) is -1.49. The van der Waals surface area contributed by atoms with Gasteiger partial charge in [0.1, 0.15) is 11.6 Å². The molecule has 0 unspecified atom stereocenters. The number of carbonyl (C=O) groups is 3. The molecule has 2 atom stereocenters. The third kappa shape index (κ3) is 8.02. The van der Waals surface area contributed by atoms with Crippen molar-refractivity contribution in [3.8, 4) is 22.3 Å². The van der Waals surface area contributed by atoms with E-state index in [1.807, 2.05) is 119 Å². The van der Waals surface area contributed by atoms with Crippen LogP contribution in [0.3, 0.4) is 0 Å². The third-order valence-electron chi connectivity index (χ3n) is 8.34. The maximum absolute atomic E-state index is 14.2. The van der Waals surface area contributed by atoms with Crippen molar-refractivity contribution >= 4 is 18.0 Å². The van der Waals surface area contributed by atoms with Crippen molar-refractivity contribution in [3.63, 3.8) is 0 Å². The van der Waals surface area contributed by atoms with Gasteiger partial charge in [-0.25, -0.2) is 9.59 Å². The zero-order chi connectivity index (χ0) is 32.8. The molecule has 4 aromatic rings. The maximum Gasteiger partial charge on any atom is 0.410 e. The van der Waals surface area contributed by atoms with Gasteiger partial charge in [-0.2, -0.15) is 0 Å². The number of hydrogen-bond acceptors (Lipinski definition) is 4. The zero-order valence-electron chi connectivity index (χ0n) is 27.0. The SMILES string of the molecule is Cc1ccc(-c2ccc(C(=O)N(C[C@@H]3CCCN3C(=O)OC(C)(C)C)[C@@H](Cc3ccc(-c4ccccc4)cc3)C(=O)O)cc2)cc1. The Hall–Kier alpha value is -4.91. The van der Waals surface area contributed by atoms with Crippen LogP contribution in [-0.2, 0) is 16.0 Å². The van der Waals surface area contributed by atoms with E-state index in [-0.39, 0.29) is 24.9 Å². The second-order valence-corrected chi connectivity index (χ2v) is 13.0. The van der Waals surface area contributed by atoms with Crippen LogP contribution in [0, 0.1) is 6.92 Å².